The van der Waals surface area contributed by atoms with Crippen molar-refractivity contribution >= 4 is 0 Å². The van der Waals surface area contributed by atoms with Crippen molar-refractivity contribution < 1.29 is 5.11 Å². The number of nitrogens with one attached hydrogen (secondary N) is 1. The summed E-state index contributed by atoms with van der Waals surface area (Å²) in [5.41, 5.74) is 3.47. The Morgan fingerprint density at radius 3 is 2.71 bits per heavy atom. The third-order valence-electron chi connectivity index (χ3n) is 4.65. The molecule has 130 valence electrons. The minimum atomic E-state index is -0.0821. The van der Waals surface area contributed by atoms with Gasteiger partial charge >= 0.3 is 0 Å². The Labute approximate surface area is 144 Å². The van der Waals surface area contributed by atoms with Crippen LogP contribution in [0.5, 0.6) is 0 Å². The molecule has 0 atom stereocenters. The molecule has 0 bridgehead atoms. The molecule has 1 aromatic heterocycles. The predicted octanol–water partition coefficient (Wildman–Crippen LogP) is 2.02. The fourth-order valence-corrected chi connectivity index (χ4v) is 3.30. The second kappa shape index (κ2) is 8.42. The highest BCUT2D eigenvalue weighted by Crippen LogP contribution is 2.21. The number of aliphatic hydroxyl groups is 1. The average molecular weight is 328 g/mol. The monoisotopic (exact) mass is 328 g/mol. The van der Waals surface area contributed by atoms with Crippen LogP contribution in [0.4, 0.5) is 0 Å². The number of aryl methyl sites for hydroxylation is 1. The van der Waals surface area contributed by atoms with Crippen molar-refractivity contribution in [2.24, 2.45) is 7.05 Å². The molecule has 5 heteroatoms. The normalized spacial score (nSPS) is 16.6. The van der Waals surface area contributed by atoms with E-state index in [2.05, 4.69) is 45.8 Å². The maximum absolute atomic E-state index is 9.54. The second-order valence-electron chi connectivity index (χ2n) is 6.65. The number of benzene rings is 1. The Balaban J connectivity index is 1.44. The number of hydrogen-bond donors (Lipinski definition) is 2. The van der Waals surface area contributed by atoms with Gasteiger partial charge in [0, 0.05) is 44.0 Å². The fourth-order valence-electron chi connectivity index (χ4n) is 3.30. The summed E-state index contributed by atoms with van der Waals surface area (Å²) in [5.74, 6) is 0. The Hall–Kier alpha value is -1.69. The minimum Gasteiger partial charge on any atom is -0.393 e. The lowest BCUT2D eigenvalue weighted by Crippen LogP contribution is -2.37. The van der Waals surface area contributed by atoms with E-state index >= 15 is 0 Å². The van der Waals surface area contributed by atoms with Crippen LogP contribution in [-0.2, 0) is 13.6 Å². The highest BCUT2D eigenvalue weighted by atomic mass is 16.3. The number of rotatable bonds is 7. The molecular formula is C19H28N4O. The van der Waals surface area contributed by atoms with Crippen molar-refractivity contribution in [3.05, 3.63) is 42.1 Å². The molecule has 0 amide bonds. The van der Waals surface area contributed by atoms with Crippen LogP contribution in [0.25, 0.3) is 11.3 Å². The summed E-state index contributed by atoms with van der Waals surface area (Å²) in [5, 5.41) is 17.7. The van der Waals surface area contributed by atoms with Gasteiger partial charge in [-0.25, -0.2) is 0 Å². The molecule has 5 nitrogen and oxygen atoms in total. The lowest BCUT2D eigenvalue weighted by Gasteiger charge is -2.29. The van der Waals surface area contributed by atoms with E-state index in [0.717, 1.165) is 57.7 Å². The van der Waals surface area contributed by atoms with E-state index in [1.807, 2.05) is 17.8 Å². The molecule has 0 saturated carbocycles. The van der Waals surface area contributed by atoms with Crippen LogP contribution in [0.3, 0.4) is 0 Å². The van der Waals surface area contributed by atoms with Crippen molar-refractivity contribution in [3.8, 4) is 11.3 Å². The molecule has 1 saturated heterocycles. The first-order valence-corrected chi connectivity index (χ1v) is 8.91. The van der Waals surface area contributed by atoms with Gasteiger partial charge in [-0.1, -0.05) is 30.3 Å². The first-order chi connectivity index (χ1) is 11.7. The smallest absolute Gasteiger partial charge is 0.0967 e. The number of aliphatic hydroxyl groups excluding tert-OH is 1. The van der Waals surface area contributed by atoms with Crippen LogP contribution >= 0.6 is 0 Å². The van der Waals surface area contributed by atoms with Gasteiger partial charge in [-0.2, -0.15) is 5.10 Å². The average Bonchev–Trinajstić information content (AvgIpc) is 2.98. The summed E-state index contributed by atoms with van der Waals surface area (Å²) in [4.78, 5) is 2.45. The third kappa shape index (κ3) is 4.66. The van der Waals surface area contributed by atoms with Crippen LogP contribution in [0.1, 0.15) is 24.8 Å². The summed E-state index contributed by atoms with van der Waals surface area (Å²) in [6.07, 6.45) is 4.99. The minimum absolute atomic E-state index is 0.0821. The number of piperidine rings is 1. The van der Waals surface area contributed by atoms with Gasteiger partial charge in [-0.05, 0) is 32.4 Å². The number of aromatic nitrogens is 2. The van der Waals surface area contributed by atoms with Gasteiger partial charge in [0.05, 0.1) is 11.8 Å². The third-order valence-corrected chi connectivity index (χ3v) is 4.65. The van der Waals surface area contributed by atoms with Gasteiger partial charge in [-0.15, -0.1) is 0 Å². The van der Waals surface area contributed by atoms with Gasteiger partial charge in [0.2, 0.25) is 0 Å². The standard InChI is InChI=1S/C19H28N4O/c1-22-15-17(19(21-22)16-6-3-2-4-7-16)14-20-10-5-11-23-12-8-18(24)9-13-23/h2-4,6-7,15,18,20,24H,5,8-14H2,1H3. The highest BCUT2D eigenvalue weighted by molar-refractivity contribution is 5.62. The largest absolute Gasteiger partial charge is 0.393 e. The molecular weight excluding hydrogens is 300 g/mol. The molecule has 0 unspecified atom stereocenters. The van der Waals surface area contributed by atoms with E-state index in [1.54, 1.807) is 0 Å². The van der Waals surface area contributed by atoms with E-state index in [-0.39, 0.29) is 6.10 Å². The quantitative estimate of drug-likeness (QED) is 0.764. The topological polar surface area (TPSA) is 53.3 Å². The summed E-state index contributed by atoms with van der Waals surface area (Å²) in [6, 6.07) is 10.4. The Kier molecular flexibility index (Phi) is 6.01. The molecule has 0 spiro atoms. The highest BCUT2D eigenvalue weighted by Gasteiger charge is 2.16. The van der Waals surface area contributed by atoms with E-state index in [1.165, 1.54) is 11.1 Å². The first kappa shape index (κ1) is 17.1. The molecule has 2 heterocycles. The molecule has 3 rings (SSSR count). The summed E-state index contributed by atoms with van der Waals surface area (Å²) in [6.45, 7) is 5.01. The van der Waals surface area contributed by atoms with Gasteiger partial charge in [0.1, 0.15) is 0 Å². The number of nitrogens with zero attached hydrogens (tertiary/aromatic N) is 3. The van der Waals surface area contributed by atoms with E-state index in [4.69, 9.17) is 0 Å². The molecule has 2 aromatic rings. The molecule has 0 radical (unpaired) electrons. The number of likely N-dealkylation sites (tertiary alicyclic amines) is 1. The Bertz CT molecular complexity index is 618. The SMILES string of the molecule is Cn1cc(CNCCCN2CCC(O)CC2)c(-c2ccccc2)n1. The molecule has 24 heavy (non-hydrogen) atoms. The van der Waals surface area contributed by atoms with E-state index < -0.39 is 0 Å². The number of hydrogen-bond acceptors (Lipinski definition) is 4. The van der Waals surface area contributed by atoms with Crippen molar-refractivity contribution in [3.63, 3.8) is 0 Å². The van der Waals surface area contributed by atoms with Gasteiger partial charge in [0.15, 0.2) is 0 Å². The maximum Gasteiger partial charge on any atom is 0.0967 e. The zero-order chi connectivity index (χ0) is 16.8. The lowest BCUT2D eigenvalue weighted by atomic mass is 10.1. The molecule has 1 aliphatic heterocycles. The fraction of sp³-hybridized carbons (Fsp3) is 0.526. The van der Waals surface area contributed by atoms with Crippen LogP contribution in [0.2, 0.25) is 0 Å². The predicted molar refractivity (Wildman–Crippen MR) is 96.6 cm³/mol. The van der Waals surface area contributed by atoms with Crippen molar-refractivity contribution in [1.82, 2.24) is 20.0 Å². The van der Waals surface area contributed by atoms with Crippen LogP contribution < -0.4 is 5.32 Å². The van der Waals surface area contributed by atoms with Crippen molar-refractivity contribution in [2.75, 3.05) is 26.2 Å². The van der Waals surface area contributed by atoms with Gasteiger partial charge in [-0.3, -0.25) is 4.68 Å². The van der Waals surface area contributed by atoms with E-state index in [0.29, 0.717) is 0 Å². The Morgan fingerprint density at radius 1 is 1.21 bits per heavy atom. The van der Waals surface area contributed by atoms with Gasteiger partial charge < -0.3 is 15.3 Å². The zero-order valence-corrected chi connectivity index (χ0v) is 14.5. The summed E-state index contributed by atoms with van der Waals surface area (Å²) >= 11 is 0. The van der Waals surface area contributed by atoms with E-state index in [9.17, 15) is 5.11 Å². The van der Waals surface area contributed by atoms with Crippen LogP contribution in [0, 0.1) is 0 Å². The zero-order valence-electron chi connectivity index (χ0n) is 14.5. The first-order valence-electron chi connectivity index (χ1n) is 8.91. The molecule has 1 aliphatic rings. The van der Waals surface area contributed by atoms with Gasteiger partial charge in [0.25, 0.3) is 0 Å². The lowest BCUT2D eigenvalue weighted by molar-refractivity contribution is 0.0821. The maximum atomic E-state index is 9.54. The van der Waals surface area contributed by atoms with Crippen LogP contribution in [0.15, 0.2) is 36.5 Å². The molecule has 0 aliphatic carbocycles. The second-order valence-corrected chi connectivity index (χ2v) is 6.65. The molecule has 1 aromatic carbocycles. The summed E-state index contributed by atoms with van der Waals surface area (Å²) in [7, 11) is 1.97. The van der Waals surface area contributed by atoms with Crippen molar-refractivity contribution in [2.45, 2.75) is 31.9 Å². The molecule has 1 fully saturated rings. The molecule has 2 N–H and O–H groups in total. The van der Waals surface area contributed by atoms with Crippen LogP contribution in [-0.4, -0.2) is 52.1 Å². The summed E-state index contributed by atoms with van der Waals surface area (Å²) < 4.78 is 1.89. The Morgan fingerprint density at radius 2 is 1.96 bits per heavy atom. The van der Waals surface area contributed by atoms with Crippen molar-refractivity contribution in [1.29, 1.82) is 0 Å².